The first-order valence-electron chi connectivity index (χ1n) is 6.78. The molecule has 110 valence electrons. The average Bonchev–Trinajstić information content (AvgIpc) is 2.49. The monoisotopic (exact) mass is 286 g/mol. The Morgan fingerprint density at radius 1 is 1.33 bits per heavy atom. The first-order valence-corrected chi connectivity index (χ1v) is 6.78. The van der Waals surface area contributed by atoms with Crippen molar-refractivity contribution in [3.05, 3.63) is 48.3 Å². The lowest BCUT2D eigenvalue weighted by Gasteiger charge is -2.12. The second-order valence-corrected chi connectivity index (χ2v) is 4.62. The van der Waals surface area contributed by atoms with Crippen molar-refractivity contribution in [3.63, 3.8) is 0 Å². The third-order valence-corrected chi connectivity index (χ3v) is 2.91. The number of anilines is 1. The van der Waals surface area contributed by atoms with E-state index in [1.807, 2.05) is 19.1 Å². The molecule has 5 heteroatoms. The van der Waals surface area contributed by atoms with Gasteiger partial charge in [-0.05, 0) is 30.7 Å². The summed E-state index contributed by atoms with van der Waals surface area (Å²) in [5.41, 5.74) is 1.21. The van der Waals surface area contributed by atoms with Crippen molar-refractivity contribution >= 4 is 11.6 Å². The average molecular weight is 286 g/mol. The summed E-state index contributed by atoms with van der Waals surface area (Å²) in [5.74, 6) is 0.920. The van der Waals surface area contributed by atoms with Gasteiger partial charge in [-0.25, -0.2) is 0 Å². The molecule has 1 heterocycles. The predicted octanol–water partition coefficient (Wildman–Crippen LogP) is 3.28. The second-order valence-electron chi connectivity index (χ2n) is 4.62. The molecule has 1 amide bonds. The molecule has 0 fully saturated rings. The third kappa shape index (κ3) is 4.03. The van der Waals surface area contributed by atoms with E-state index in [2.05, 4.69) is 10.3 Å². The van der Waals surface area contributed by atoms with Crippen molar-refractivity contribution in [1.29, 1.82) is 0 Å². The predicted molar refractivity (Wildman–Crippen MR) is 80.3 cm³/mol. The number of rotatable bonds is 5. The minimum Gasteiger partial charge on any atom is -0.454 e. The molecule has 1 atom stereocenters. The molecule has 0 aliphatic rings. The van der Waals surface area contributed by atoms with Crippen molar-refractivity contribution in [3.8, 4) is 11.5 Å². The highest BCUT2D eigenvalue weighted by Crippen LogP contribution is 2.29. The molecule has 0 radical (unpaired) electrons. The van der Waals surface area contributed by atoms with E-state index in [-0.39, 0.29) is 5.91 Å². The summed E-state index contributed by atoms with van der Waals surface area (Å²) >= 11 is 0. The quantitative estimate of drug-likeness (QED) is 0.884. The highest BCUT2D eigenvalue weighted by Gasteiger charge is 2.08. The SMILES string of the molecule is CCC(O)c1ccc(Oc2ccccc2NC(C)=O)cn1. The van der Waals surface area contributed by atoms with Gasteiger partial charge in [0.1, 0.15) is 5.75 Å². The van der Waals surface area contributed by atoms with E-state index in [0.29, 0.717) is 29.3 Å². The van der Waals surface area contributed by atoms with E-state index in [4.69, 9.17) is 4.74 Å². The van der Waals surface area contributed by atoms with Crippen LogP contribution in [0.1, 0.15) is 32.1 Å². The van der Waals surface area contributed by atoms with Crippen LogP contribution >= 0.6 is 0 Å². The zero-order valence-electron chi connectivity index (χ0n) is 12.0. The fraction of sp³-hybridized carbons (Fsp3) is 0.250. The van der Waals surface area contributed by atoms with Crippen LogP contribution in [0.15, 0.2) is 42.6 Å². The van der Waals surface area contributed by atoms with Crippen LogP contribution < -0.4 is 10.1 Å². The number of hydrogen-bond acceptors (Lipinski definition) is 4. The van der Waals surface area contributed by atoms with Gasteiger partial charge in [-0.3, -0.25) is 9.78 Å². The van der Waals surface area contributed by atoms with Gasteiger partial charge >= 0.3 is 0 Å². The molecule has 1 aromatic heterocycles. The number of hydrogen-bond donors (Lipinski definition) is 2. The number of nitrogens with zero attached hydrogens (tertiary/aromatic N) is 1. The van der Waals surface area contributed by atoms with Gasteiger partial charge in [0.2, 0.25) is 5.91 Å². The number of ether oxygens (including phenoxy) is 1. The number of nitrogens with one attached hydrogen (secondary N) is 1. The van der Waals surface area contributed by atoms with Crippen LogP contribution in [0.5, 0.6) is 11.5 Å². The standard InChI is InChI=1S/C16H18N2O3/c1-3-15(20)13-9-8-12(10-17-13)21-16-7-5-4-6-14(16)18-11(2)19/h4-10,15,20H,3H2,1-2H3,(H,18,19). The Kier molecular flexibility index (Phi) is 4.90. The number of carbonyl (C=O) groups excluding carboxylic acids is 1. The van der Waals surface area contributed by atoms with Crippen LogP contribution in [0.2, 0.25) is 0 Å². The third-order valence-electron chi connectivity index (χ3n) is 2.91. The van der Waals surface area contributed by atoms with Gasteiger partial charge in [0.25, 0.3) is 0 Å². The first kappa shape index (κ1) is 15.0. The molecule has 1 unspecified atom stereocenters. The van der Waals surface area contributed by atoms with E-state index in [1.165, 1.54) is 6.92 Å². The maximum Gasteiger partial charge on any atom is 0.221 e. The zero-order chi connectivity index (χ0) is 15.2. The summed E-state index contributed by atoms with van der Waals surface area (Å²) in [6, 6.07) is 10.6. The lowest BCUT2D eigenvalue weighted by molar-refractivity contribution is -0.114. The van der Waals surface area contributed by atoms with E-state index in [1.54, 1.807) is 30.5 Å². The summed E-state index contributed by atoms with van der Waals surface area (Å²) in [7, 11) is 0. The van der Waals surface area contributed by atoms with Crippen molar-refractivity contribution in [2.45, 2.75) is 26.4 Å². The van der Waals surface area contributed by atoms with E-state index in [0.717, 1.165) is 0 Å². The Hall–Kier alpha value is -2.40. The molecule has 0 spiro atoms. The molecule has 5 nitrogen and oxygen atoms in total. The molecule has 2 N–H and O–H groups in total. The summed E-state index contributed by atoms with van der Waals surface area (Å²) in [4.78, 5) is 15.3. The lowest BCUT2D eigenvalue weighted by Crippen LogP contribution is -2.06. The maximum atomic E-state index is 11.2. The fourth-order valence-corrected chi connectivity index (χ4v) is 1.83. The van der Waals surface area contributed by atoms with Gasteiger partial charge in [0, 0.05) is 6.92 Å². The van der Waals surface area contributed by atoms with E-state index >= 15 is 0 Å². The molecule has 0 saturated heterocycles. The van der Waals surface area contributed by atoms with Crippen LogP contribution in [-0.2, 0) is 4.79 Å². The smallest absolute Gasteiger partial charge is 0.221 e. The molecule has 21 heavy (non-hydrogen) atoms. The maximum absolute atomic E-state index is 11.2. The Morgan fingerprint density at radius 3 is 2.71 bits per heavy atom. The molecule has 0 saturated carbocycles. The zero-order valence-corrected chi connectivity index (χ0v) is 12.0. The number of carbonyl (C=O) groups is 1. The molecule has 0 bridgehead atoms. The molecular weight excluding hydrogens is 268 g/mol. The number of amides is 1. The minimum absolute atomic E-state index is 0.161. The van der Waals surface area contributed by atoms with Gasteiger partial charge in [-0.1, -0.05) is 19.1 Å². The lowest BCUT2D eigenvalue weighted by atomic mass is 10.2. The van der Waals surface area contributed by atoms with Crippen LogP contribution in [0, 0.1) is 0 Å². The largest absolute Gasteiger partial charge is 0.454 e. The van der Waals surface area contributed by atoms with Gasteiger partial charge in [0.15, 0.2) is 5.75 Å². The van der Waals surface area contributed by atoms with Crippen LogP contribution in [0.25, 0.3) is 0 Å². The van der Waals surface area contributed by atoms with Crippen molar-refractivity contribution in [1.82, 2.24) is 4.98 Å². The molecule has 2 aromatic rings. The summed E-state index contributed by atoms with van der Waals surface area (Å²) in [6.45, 7) is 3.33. The second kappa shape index (κ2) is 6.85. The number of benzene rings is 1. The topological polar surface area (TPSA) is 71.5 Å². The molecule has 0 aliphatic carbocycles. The Bertz CT molecular complexity index is 611. The number of aromatic nitrogens is 1. The highest BCUT2D eigenvalue weighted by atomic mass is 16.5. The Balaban J connectivity index is 2.16. The van der Waals surface area contributed by atoms with Crippen LogP contribution in [0.4, 0.5) is 5.69 Å². The van der Waals surface area contributed by atoms with Gasteiger partial charge < -0.3 is 15.2 Å². The summed E-state index contributed by atoms with van der Waals surface area (Å²) in [6.07, 6.45) is 1.60. The Labute approximate surface area is 123 Å². The van der Waals surface area contributed by atoms with Crippen LogP contribution in [-0.4, -0.2) is 16.0 Å². The highest BCUT2D eigenvalue weighted by molar-refractivity contribution is 5.90. The summed E-state index contributed by atoms with van der Waals surface area (Å²) < 4.78 is 5.72. The normalized spacial score (nSPS) is 11.8. The van der Waals surface area contributed by atoms with Gasteiger partial charge in [0.05, 0.1) is 23.7 Å². The van der Waals surface area contributed by atoms with Crippen molar-refractivity contribution in [2.24, 2.45) is 0 Å². The Morgan fingerprint density at radius 2 is 2.10 bits per heavy atom. The summed E-state index contributed by atoms with van der Waals surface area (Å²) in [5, 5.41) is 12.4. The molecule has 0 aliphatic heterocycles. The number of aliphatic hydroxyl groups excluding tert-OH is 1. The minimum atomic E-state index is -0.564. The molecule has 2 rings (SSSR count). The van der Waals surface area contributed by atoms with Gasteiger partial charge in [-0.15, -0.1) is 0 Å². The number of para-hydroxylation sites is 2. The first-order chi connectivity index (χ1) is 10.1. The van der Waals surface area contributed by atoms with E-state index in [9.17, 15) is 9.90 Å². The van der Waals surface area contributed by atoms with Crippen molar-refractivity contribution < 1.29 is 14.6 Å². The number of aliphatic hydroxyl groups is 1. The molecular formula is C16H18N2O3. The van der Waals surface area contributed by atoms with Gasteiger partial charge in [-0.2, -0.15) is 0 Å². The van der Waals surface area contributed by atoms with E-state index < -0.39 is 6.10 Å². The van der Waals surface area contributed by atoms with Crippen LogP contribution in [0.3, 0.4) is 0 Å². The van der Waals surface area contributed by atoms with Crippen molar-refractivity contribution in [2.75, 3.05) is 5.32 Å². The fourth-order valence-electron chi connectivity index (χ4n) is 1.83. The molecule has 1 aromatic carbocycles. The number of pyridine rings is 1.